The van der Waals surface area contributed by atoms with E-state index in [0.29, 0.717) is 6.54 Å². The minimum absolute atomic E-state index is 0.0542. The monoisotopic (exact) mass is 254 g/mol. The van der Waals surface area contributed by atoms with Gasteiger partial charge in [0.2, 0.25) is 5.91 Å². The summed E-state index contributed by atoms with van der Waals surface area (Å²) in [5.41, 5.74) is 1.01. The number of rotatable bonds is 1. The summed E-state index contributed by atoms with van der Waals surface area (Å²) in [4.78, 5) is 11.5. The predicted octanol–water partition coefficient (Wildman–Crippen LogP) is 1.21. The summed E-state index contributed by atoms with van der Waals surface area (Å²) in [6.07, 6.45) is 0. The van der Waals surface area contributed by atoms with Crippen molar-refractivity contribution in [3.63, 3.8) is 0 Å². The second-order valence-electron chi connectivity index (χ2n) is 3.23. The van der Waals surface area contributed by atoms with E-state index in [4.69, 9.17) is 0 Å². The Hall–Kier alpha value is -0.870. The van der Waals surface area contributed by atoms with Gasteiger partial charge in [0.1, 0.15) is 6.04 Å². The standard InChI is InChI=1S/C10H11BrN2O/c11-8-3-1-7(2-4-8)9-10(14)13-6-5-12-9/h1-4,9,12H,5-6H2,(H,13,14)/t9-/m1/s1. The third-order valence-corrected chi connectivity index (χ3v) is 2.77. The van der Waals surface area contributed by atoms with Gasteiger partial charge in [-0.15, -0.1) is 0 Å². The minimum Gasteiger partial charge on any atom is -0.353 e. The van der Waals surface area contributed by atoms with Crippen LogP contribution in [0.3, 0.4) is 0 Å². The van der Waals surface area contributed by atoms with Crippen LogP contribution in [0, 0.1) is 0 Å². The molecule has 1 aliphatic heterocycles. The number of benzene rings is 1. The van der Waals surface area contributed by atoms with Crippen molar-refractivity contribution in [2.24, 2.45) is 0 Å². The van der Waals surface area contributed by atoms with Crippen molar-refractivity contribution in [3.05, 3.63) is 34.3 Å². The van der Waals surface area contributed by atoms with Crippen molar-refractivity contribution < 1.29 is 4.79 Å². The fourth-order valence-electron chi connectivity index (χ4n) is 1.52. The highest BCUT2D eigenvalue weighted by Crippen LogP contribution is 2.17. The quantitative estimate of drug-likeness (QED) is 0.792. The Balaban J connectivity index is 2.20. The van der Waals surface area contributed by atoms with Crippen LogP contribution in [0.15, 0.2) is 28.7 Å². The zero-order valence-electron chi connectivity index (χ0n) is 7.59. The van der Waals surface area contributed by atoms with Gasteiger partial charge < -0.3 is 10.6 Å². The first kappa shape index (κ1) is 9.68. The van der Waals surface area contributed by atoms with Crippen LogP contribution in [-0.4, -0.2) is 19.0 Å². The van der Waals surface area contributed by atoms with E-state index in [1.807, 2.05) is 24.3 Å². The van der Waals surface area contributed by atoms with Crippen molar-refractivity contribution in [3.8, 4) is 0 Å². The molecule has 1 fully saturated rings. The van der Waals surface area contributed by atoms with Gasteiger partial charge in [-0.25, -0.2) is 0 Å². The lowest BCUT2D eigenvalue weighted by Crippen LogP contribution is -2.47. The molecular formula is C10H11BrN2O. The lowest BCUT2D eigenvalue weighted by molar-refractivity contribution is -0.124. The first-order chi connectivity index (χ1) is 6.77. The first-order valence-electron chi connectivity index (χ1n) is 4.54. The summed E-state index contributed by atoms with van der Waals surface area (Å²) in [5.74, 6) is 0.0542. The topological polar surface area (TPSA) is 41.1 Å². The van der Waals surface area contributed by atoms with E-state index in [9.17, 15) is 4.79 Å². The average Bonchev–Trinajstić information content (AvgIpc) is 2.20. The molecule has 1 aromatic carbocycles. The van der Waals surface area contributed by atoms with Crippen LogP contribution < -0.4 is 10.6 Å². The number of nitrogens with one attached hydrogen (secondary N) is 2. The van der Waals surface area contributed by atoms with Crippen LogP contribution in [0.4, 0.5) is 0 Å². The maximum Gasteiger partial charge on any atom is 0.241 e. The number of halogens is 1. The van der Waals surface area contributed by atoms with Crippen LogP contribution in [0.1, 0.15) is 11.6 Å². The van der Waals surface area contributed by atoms with Gasteiger partial charge in [-0.2, -0.15) is 0 Å². The molecule has 0 radical (unpaired) electrons. The summed E-state index contributed by atoms with van der Waals surface area (Å²) >= 11 is 3.36. The molecule has 2 N–H and O–H groups in total. The third-order valence-electron chi connectivity index (χ3n) is 2.24. The molecule has 0 spiro atoms. The maximum absolute atomic E-state index is 11.5. The molecule has 0 aromatic heterocycles. The first-order valence-corrected chi connectivity index (χ1v) is 5.33. The van der Waals surface area contributed by atoms with Gasteiger partial charge in [-0.1, -0.05) is 28.1 Å². The van der Waals surface area contributed by atoms with Crippen LogP contribution in [0.25, 0.3) is 0 Å². The van der Waals surface area contributed by atoms with Gasteiger partial charge in [0.15, 0.2) is 0 Å². The van der Waals surface area contributed by atoms with Gasteiger partial charge in [0.05, 0.1) is 0 Å². The maximum atomic E-state index is 11.5. The molecule has 0 aliphatic carbocycles. The molecule has 3 nitrogen and oxygen atoms in total. The van der Waals surface area contributed by atoms with Crippen molar-refractivity contribution >= 4 is 21.8 Å². The molecule has 14 heavy (non-hydrogen) atoms. The molecule has 1 aromatic rings. The Bertz CT molecular complexity index is 336. The number of piperazine rings is 1. The molecule has 1 atom stereocenters. The van der Waals surface area contributed by atoms with Gasteiger partial charge in [0, 0.05) is 17.6 Å². The van der Waals surface area contributed by atoms with Crippen LogP contribution in [-0.2, 0) is 4.79 Å². The lowest BCUT2D eigenvalue weighted by atomic mass is 10.1. The SMILES string of the molecule is O=C1NCCN[C@@H]1c1ccc(Br)cc1. The largest absolute Gasteiger partial charge is 0.353 e. The second kappa shape index (κ2) is 4.11. The molecule has 2 rings (SSSR count). The highest BCUT2D eigenvalue weighted by molar-refractivity contribution is 9.10. The Morgan fingerprint density at radius 3 is 2.57 bits per heavy atom. The zero-order valence-corrected chi connectivity index (χ0v) is 9.17. The number of carbonyl (C=O) groups excluding carboxylic acids is 1. The summed E-state index contributed by atoms with van der Waals surface area (Å²) in [7, 11) is 0. The summed E-state index contributed by atoms with van der Waals surface area (Å²) in [5, 5.41) is 6.01. The molecule has 4 heteroatoms. The van der Waals surface area contributed by atoms with Crippen molar-refractivity contribution in [2.75, 3.05) is 13.1 Å². The smallest absolute Gasteiger partial charge is 0.241 e. The Kier molecular flexibility index (Phi) is 2.84. The Labute approximate surface area is 91.0 Å². The Morgan fingerprint density at radius 2 is 1.93 bits per heavy atom. The molecule has 1 aliphatic rings. The molecule has 0 saturated carbocycles. The second-order valence-corrected chi connectivity index (χ2v) is 4.15. The summed E-state index contributed by atoms with van der Waals surface area (Å²) < 4.78 is 1.03. The van der Waals surface area contributed by atoms with E-state index < -0.39 is 0 Å². The van der Waals surface area contributed by atoms with Crippen molar-refractivity contribution in [2.45, 2.75) is 6.04 Å². The third kappa shape index (κ3) is 1.96. The normalized spacial score (nSPS) is 21.8. The lowest BCUT2D eigenvalue weighted by Gasteiger charge is -2.23. The average molecular weight is 255 g/mol. The van der Waals surface area contributed by atoms with E-state index in [-0.39, 0.29) is 11.9 Å². The molecule has 74 valence electrons. The molecule has 1 heterocycles. The van der Waals surface area contributed by atoms with Gasteiger partial charge in [-0.3, -0.25) is 4.79 Å². The number of hydrogen-bond acceptors (Lipinski definition) is 2. The van der Waals surface area contributed by atoms with E-state index in [1.165, 1.54) is 0 Å². The summed E-state index contributed by atoms with van der Waals surface area (Å²) in [6, 6.07) is 7.59. The fraction of sp³-hybridized carbons (Fsp3) is 0.300. The minimum atomic E-state index is -0.197. The molecular weight excluding hydrogens is 244 g/mol. The van der Waals surface area contributed by atoms with E-state index in [2.05, 4.69) is 26.6 Å². The molecule has 1 amide bonds. The highest BCUT2D eigenvalue weighted by Gasteiger charge is 2.22. The van der Waals surface area contributed by atoms with Gasteiger partial charge >= 0.3 is 0 Å². The van der Waals surface area contributed by atoms with E-state index >= 15 is 0 Å². The van der Waals surface area contributed by atoms with Gasteiger partial charge in [0.25, 0.3) is 0 Å². The predicted molar refractivity (Wildman–Crippen MR) is 57.9 cm³/mol. The van der Waals surface area contributed by atoms with Crippen LogP contribution >= 0.6 is 15.9 Å². The van der Waals surface area contributed by atoms with Crippen LogP contribution in [0.5, 0.6) is 0 Å². The molecule has 0 bridgehead atoms. The molecule has 0 unspecified atom stereocenters. The van der Waals surface area contributed by atoms with Crippen molar-refractivity contribution in [1.29, 1.82) is 0 Å². The number of carbonyl (C=O) groups is 1. The van der Waals surface area contributed by atoms with E-state index in [1.54, 1.807) is 0 Å². The summed E-state index contributed by atoms with van der Waals surface area (Å²) in [6.45, 7) is 1.54. The fourth-order valence-corrected chi connectivity index (χ4v) is 1.79. The van der Waals surface area contributed by atoms with Crippen molar-refractivity contribution in [1.82, 2.24) is 10.6 Å². The van der Waals surface area contributed by atoms with Gasteiger partial charge in [-0.05, 0) is 17.7 Å². The zero-order chi connectivity index (χ0) is 9.97. The van der Waals surface area contributed by atoms with Crippen LogP contribution in [0.2, 0.25) is 0 Å². The highest BCUT2D eigenvalue weighted by atomic mass is 79.9. The number of amides is 1. The Morgan fingerprint density at radius 1 is 1.21 bits per heavy atom. The number of hydrogen-bond donors (Lipinski definition) is 2. The van der Waals surface area contributed by atoms with E-state index in [0.717, 1.165) is 16.6 Å². The molecule has 1 saturated heterocycles.